The van der Waals surface area contributed by atoms with Crippen molar-refractivity contribution in [3.8, 4) is 0 Å². The Kier molecular flexibility index (Phi) is 2.57. The molecule has 4 rings (SSSR count). The van der Waals surface area contributed by atoms with E-state index in [0.717, 1.165) is 28.0 Å². The maximum atomic E-state index is 12.4. The van der Waals surface area contributed by atoms with Crippen LogP contribution in [0.2, 0.25) is 0 Å². The lowest BCUT2D eigenvalue weighted by Crippen LogP contribution is -2.23. The van der Waals surface area contributed by atoms with Gasteiger partial charge < -0.3 is 9.32 Å². The fourth-order valence-corrected chi connectivity index (χ4v) is 2.86. The number of furan rings is 1. The van der Waals surface area contributed by atoms with Crippen LogP contribution in [0.25, 0.3) is 11.0 Å². The molecule has 0 saturated carbocycles. The number of carbonyl (C=O) groups is 1. The first-order valence-electron chi connectivity index (χ1n) is 6.94. The van der Waals surface area contributed by atoms with E-state index >= 15 is 0 Å². The highest BCUT2D eigenvalue weighted by molar-refractivity contribution is 5.97. The van der Waals surface area contributed by atoms with Crippen molar-refractivity contribution in [2.24, 2.45) is 0 Å². The van der Waals surface area contributed by atoms with Gasteiger partial charge in [0.25, 0.3) is 5.91 Å². The van der Waals surface area contributed by atoms with Crippen molar-refractivity contribution in [3.63, 3.8) is 0 Å². The molecule has 104 valence electrons. The molecule has 0 saturated heterocycles. The van der Waals surface area contributed by atoms with Gasteiger partial charge in [0.1, 0.15) is 11.3 Å². The Morgan fingerprint density at radius 2 is 2.10 bits per heavy atom. The summed E-state index contributed by atoms with van der Waals surface area (Å²) in [6.07, 6.45) is 1.72. The molecule has 0 fully saturated rings. The molecule has 21 heavy (non-hydrogen) atoms. The summed E-state index contributed by atoms with van der Waals surface area (Å²) in [4.78, 5) is 18.4. The van der Waals surface area contributed by atoms with Crippen LogP contribution in [0.3, 0.4) is 0 Å². The van der Waals surface area contributed by atoms with Gasteiger partial charge in [0.15, 0.2) is 0 Å². The number of amides is 1. The molecule has 0 bridgehead atoms. The standard InChI is InChI=1S/C17H14N2O2/c1-11-12-5-2-3-7-15(12)21-16(11)10-19-9-14-13(17(19)20)6-4-8-18-14/h2-8H,9-10H2,1H3. The molecule has 0 radical (unpaired) electrons. The van der Waals surface area contributed by atoms with Crippen LogP contribution in [0.5, 0.6) is 0 Å². The number of hydrogen-bond acceptors (Lipinski definition) is 3. The van der Waals surface area contributed by atoms with Gasteiger partial charge in [-0.05, 0) is 25.1 Å². The Morgan fingerprint density at radius 1 is 1.24 bits per heavy atom. The number of aryl methyl sites for hydroxylation is 1. The number of benzene rings is 1. The van der Waals surface area contributed by atoms with E-state index in [2.05, 4.69) is 4.98 Å². The Balaban J connectivity index is 1.68. The summed E-state index contributed by atoms with van der Waals surface area (Å²) >= 11 is 0. The van der Waals surface area contributed by atoms with Crippen molar-refractivity contribution in [2.45, 2.75) is 20.0 Å². The van der Waals surface area contributed by atoms with E-state index in [4.69, 9.17) is 4.42 Å². The number of hydrogen-bond donors (Lipinski definition) is 0. The fraction of sp³-hybridized carbons (Fsp3) is 0.176. The number of carbonyl (C=O) groups excluding carboxylic acids is 1. The van der Waals surface area contributed by atoms with Crippen molar-refractivity contribution < 1.29 is 9.21 Å². The zero-order valence-corrected chi connectivity index (χ0v) is 11.7. The monoisotopic (exact) mass is 278 g/mol. The highest BCUT2D eigenvalue weighted by Crippen LogP contribution is 2.28. The summed E-state index contributed by atoms with van der Waals surface area (Å²) in [5.41, 5.74) is 3.51. The van der Waals surface area contributed by atoms with Gasteiger partial charge >= 0.3 is 0 Å². The normalized spacial score (nSPS) is 14.0. The summed E-state index contributed by atoms with van der Waals surface area (Å²) in [5.74, 6) is 0.871. The molecule has 0 N–H and O–H groups in total. The Morgan fingerprint density at radius 3 is 2.90 bits per heavy atom. The molecule has 0 atom stereocenters. The Labute approximate surface area is 122 Å². The Bertz CT molecular complexity index is 851. The van der Waals surface area contributed by atoms with E-state index in [1.54, 1.807) is 17.2 Å². The fourth-order valence-electron chi connectivity index (χ4n) is 2.86. The number of para-hydroxylation sites is 1. The highest BCUT2D eigenvalue weighted by Gasteiger charge is 2.29. The summed E-state index contributed by atoms with van der Waals surface area (Å²) in [7, 11) is 0. The van der Waals surface area contributed by atoms with Gasteiger partial charge in [-0.15, -0.1) is 0 Å². The van der Waals surface area contributed by atoms with Crippen molar-refractivity contribution in [3.05, 3.63) is 65.2 Å². The van der Waals surface area contributed by atoms with E-state index in [0.29, 0.717) is 18.7 Å². The van der Waals surface area contributed by atoms with E-state index in [1.807, 2.05) is 37.3 Å². The quantitative estimate of drug-likeness (QED) is 0.722. The molecule has 1 aliphatic heterocycles. The molecule has 1 aliphatic rings. The lowest BCUT2D eigenvalue weighted by molar-refractivity contribution is 0.0755. The number of pyridine rings is 1. The van der Waals surface area contributed by atoms with Crippen LogP contribution < -0.4 is 0 Å². The summed E-state index contributed by atoms with van der Waals surface area (Å²) < 4.78 is 5.89. The summed E-state index contributed by atoms with van der Waals surface area (Å²) in [5, 5.41) is 1.11. The molecule has 3 aromatic rings. The second-order valence-electron chi connectivity index (χ2n) is 5.31. The number of nitrogens with zero attached hydrogens (tertiary/aromatic N) is 2. The van der Waals surface area contributed by atoms with Crippen LogP contribution in [-0.2, 0) is 13.1 Å². The van der Waals surface area contributed by atoms with E-state index in [1.165, 1.54) is 0 Å². The third-order valence-electron chi connectivity index (χ3n) is 4.03. The van der Waals surface area contributed by atoms with E-state index in [9.17, 15) is 4.79 Å². The lowest BCUT2D eigenvalue weighted by Gasteiger charge is -2.13. The summed E-state index contributed by atoms with van der Waals surface area (Å²) in [6, 6.07) is 11.6. The van der Waals surface area contributed by atoms with Crippen LogP contribution in [0.4, 0.5) is 0 Å². The van der Waals surface area contributed by atoms with Crippen LogP contribution in [0.1, 0.15) is 27.4 Å². The minimum Gasteiger partial charge on any atom is -0.459 e. The predicted molar refractivity (Wildman–Crippen MR) is 78.8 cm³/mol. The molecular formula is C17H14N2O2. The maximum absolute atomic E-state index is 12.4. The maximum Gasteiger partial charge on any atom is 0.256 e. The first-order chi connectivity index (χ1) is 10.2. The van der Waals surface area contributed by atoms with Crippen LogP contribution in [0.15, 0.2) is 47.0 Å². The average Bonchev–Trinajstić information content (AvgIpc) is 2.99. The van der Waals surface area contributed by atoms with Gasteiger partial charge in [0, 0.05) is 17.1 Å². The molecule has 0 unspecified atom stereocenters. The van der Waals surface area contributed by atoms with E-state index in [-0.39, 0.29) is 5.91 Å². The largest absolute Gasteiger partial charge is 0.459 e. The van der Waals surface area contributed by atoms with Gasteiger partial charge in [-0.3, -0.25) is 9.78 Å². The minimum absolute atomic E-state index is 0.0259. The van der Waals surface area contributed by atoms with Gasteiger partial charge in [-0.2, -0.15) is 0 Å². The predicted octanol–water partition coefficient (Wildman–Crippen LogP) is 3.29. The van der Waals surface area contributed by atoms with Gasteiger partial charge in [0.2, 0.25) is 0 Å². The molecule has 0 aliphatic carbocycles. The second kappa shape index (κ2) is 4.45. The highest BCUT2D eigenvalue weighted by atomic mass is 16.3. The second-order valence-corrected chi connectivity index (χ2v) is 5.31. The molecule has 4 heteroatoms. The molecule has 2 aromatic heterocycles. The number of fused-ring (bicyclic) bond motifs is 2. The van der Waals surface area contributed by atoms with Crippen molar-refractivity contribution >= 4 is 16.9 Å². The third kappa shape index (κ3) is 1.83. The minimum atomic E-state index is 0.0259. The van der Waals surface area contributed by atoms with Gasteiger partial charge in [-0.25, -0.2) is 0 Å². The lowest BCUT2D eigenvalue weighted by atomic mass is 10.1. The molecule has 3 heterocycles. The Hall–Kier alpha value is -2.62. The zero-order chi connectivity index (χ0) is 14.4. The van der Waals surface area contributed by atoms with Crippen molar-refractivity contribution in [1.29, 1.82) is 0 Å². The van der Waals surface area contributed by atoms with Gasteiger partial charge in [0.05, 0.1) is 24.3 Å². The topological polar surface area (TPSA) is 46.3 Å². The van der Waals surface area contributed by atoms with Crippen LogP contribution >= 0.6 is 0 Å². The van der Waals surface area contributed by atoms with Gasteiger partial charge in [-0.1, -0.05) is 18.2 Å². The molecule has 1 aromatic carbocycles. The van der Waals surface area contributed by atoms with Crippen molar-refractivity contribution in [1.82, 2.24) is 9.88 Å². The zero-order valence-electron chi connectivity index (χ0n) is 11.7. The molecular weight excluding hydrogens is 264 g/mol. The van der Waals surface area contributed by atoms with Crippen LogP contribution in [-0.4, -0.2) is 15.8 Å². The molecule has 1 amide bonds. The molecule has 4 nitrogen and oxygen atoms in total. The van der Waals surface area contributed by atoms with Crippen LogP contribution in [0, 0.1) is 6.92 Å². The first-order valence-corrected chi connectivity index (χ1v) is 6.94. The molecule has 0 spiro atoms. The average molecular weight is 278 g/mol. The summed E-state index contributed by atoms with van der Waals surface area (Å²) in [6.45, 7) is 3.06. The number of aromatic nitrogens is 1. The smallest absolute Gasteiger partial charge is 0.256 e. The SMILES string of the molecule is Cc1c(CN2Cc3ncccc3C2=O)oc2ccccc12. The first kappa shape index (κ1) is 12.1. The third-order valence-corrected chi connectivity index (χ3v) is 4.03. The van der Waals surface area contributed by atoms with Crippen molar-refractivity contribution in [2.75, 3.05) is 0 Å². The number of rotatable bonds is 2. The van der Waals surface area contributed by atoms with E-state index < -0.39 is 0 Å².